The molecule has 168 valence electrons. The molecule has 4 atom stereocenters. The molecule has 3 aliphatic heterocycles. The van der Waals surface area contributed by atoms with Crippen LogP contribution in [0.4, 0.5) is 11.4 Å². The van der Waals surface area contributed by atoms with Gasteiger partial charge in [-0.1, -0.05) is 31.2 Å². The zero-order valence-corrected chi connectivity index (χ0v) is 21.5. The third kappa shape index (κ3) is 3.23. The number of aliphatic hydroxyl groups is 1. The van der Waals surface area contributed by atoms with Crippen LogP contribution in [0, 0.1) is 11.8 Å². The summed E-state index contributed by atoms with van der Waals surface area (Å²) in [5.74, 6) is -3.20. The Morgan fingerprint density at radius 2 is 1.76 bits per heavy atom. The molecule has 1 saturated heterocycles. The standard InChI is InChI=1S/C22H23N3O6S.Na/c1-11-15(20(22(28)29)25-19(11)18(12(2)26)21(25)27)10-24-17-9-14-7-5-4-6-13(14)8-16(17)23(3)32(24,30)31;/h4-9,11-12,18-19,26H,10H2,1-3H3,(H,28,29);/q;+1/p-1/t11-,12+,18+,19+;/m0./s1. The van der Waals surface area contributed by atoms with Crippen LogP contribution in [0.5, 0.6) is 0 Å². The van der Waals surface area contributed by atoms with Crippen LogP contribution >= 0.6 is 0 Å². The summed E-state index contributed by atoms with van der Waals surface area (Å²) in [4.78, 5) is 25.7. The third-order valence-electron chi connectivity index (χ3n) is 6.90. The zero-order valence-electron chi connectivity index (χ0n) is 18.7. The van der Waals surface area contributed by atoms with E-state index in [1.807, 2.05) is 24.3 Å². The second-order valence-electron chi connectivity index (χ2n) is 8.59. The van der Waals surface area contributed by atoms with E-state index in [1.165, 1.54) is 22.6 Å². The number of anilines is 2. The van der Waals surface area contributed by atoms with E-state index in [2.05, 4.69) is 0 Å². The van der Waals surface area contributed by atoms with Crippen molar-refractivity contribution < 1.29 is 57.8 Å². The van der Waals surface area contributed by atoms with Gasteiger partial charge in [-0.25, -0.2) is 4.31 Å². The summed E-state index contributed by atoms with van der Waals surface area (Å²) in [6.07, 6.45) is -0.942. The number of hydrogen-bond donors (Lipinski definition) is 1. The topological polar surface area (TPSA) is 121 Å². The molecule has 33 heavy (non-hydrogen) atoms. The van der Waals surface area contributed by atoms with Crippen molar-refractivity contribution in [3.63, 3.8) is 0 Å². The van der Waals surface area contributed by atoms with Gasteiger partial charge in [0.05, 0.1) is 47.6 Å². The van der Waals surface area contributed by atoms with E-state index >= 15 is 0 Å². The van der Waals surface area contributed by atoms with Crippen LogP contribution in [0.15, 0.2) is 47.7 Å². The Morgan fingerprint density at radius 1 is 1.18 bits per heavy atom. The fourth-order valence-electron chi connectivity index (χ4n) is 5.23. The molecule has 5 rings (SSSR count). The number of carboxylic acids is 1. The minimum Gasteiger partial charge on any atom is -0.543 e. The Balaban J connectivity index is 0.00000259. The van der Waals surface area contributed by atoms with E-state index in [0.717, 1.165) is 15.7 Å². The smallest absolute Gasteiger partial charge is 0.543 e. The fourth-order valence-corrected chi connectivity index (χ4v) is 6.62. The predicted molar refractivity (Wildman–Crippen MR) is 116 cm³/mol. The van der Waals surface area contributed by atoms with Crippen LogP contribution in [0.2, 0.25) is 0 Å². The molecule has 2 aromatic carbocycles. The number of rotatable bonds is 4. The van der Waals surface area contributed by atoms with E-state index in [9.17, 15) is 28.2 Å². The molecule has 0 radical (unpaired) electrons. The molecule has 0 unspecified atom stereocenters. The molecule has 11 heteroatoms. The monoisotopic (exact) mass is 479 g/mol. The second-order valence-corrected chi connectivity index (χ2v) is 10.5. The number of benzene rings is 2. The number of nitrogens with zero attached hydrogens (tertiary/aromatic N) is 3. The summed E-state index contributed by atoms with van der Waals surface area (Å²) in [7, 11) is -2.50. The molecule has 1 N–H and O–H groups in total. The average Bonchev–Trinajstić information content (AvgIpc) is 3.07. The maximum Gasteiger partial charge on any atom is 1.00 e. The van der Waals surface area contributed by atoms with Crippen LogP contribution in [-0.2, 0) is 19.8 Å². The Bertz CT molecular complexity index is 1320. The van der Waals surface area contributed by atoms with Crippen molar-refractivity contribution in [3.8, 4) is 0 Å². The number of aliphatic carboxylic acids is 1. The maximum atomic E-state index is 13.3. The van der Waals surface area contributed by atoms with Gasteiger partial charge in [0.25, 0.3) is 0 Å². The summed E-state index contributed by atoms with van der Waals surface area (Å²) in [5, 5.41) is 23.7. The first-order valence-corrected chi connectivity index (χ1v) is 11.7. The Labute approximate surface area is 213 Å². The first-order valence-electron chi connectivity index (χ1n) is 10.3. The normalized spacial score (nSPS) is 26.1. The van der Waals surface area contributed by atoms with E-state index in [1.54, 1.807) is 19.1 Å². The number of aliphatic hydroxyl groups excluding tert-OH is 1. The van der Waals surface area contributed by atoms with E-state index in [4.69, 9.17) is 0 Å². The summed E-state index contributed by atoms with van der Waals surface area (Å²) in [6.45, 7) is 3.01. The van der Waals surface area contributed by atoms with Gasteiger partial charge >= 0.3 is 39.8 Å². The Kier molecular flexibility index (Phi) is 5.82. The largest absolute Gasteiger partial charge is 1.00 e. The van der Waals surface area contributed by atoms with Gasteiger partial charge in [-0.3, -0.25) is 9.10 Å². The molecule has 0 aliphatic carbocycles. The van der Waals surface area contributed by atoms with E-state index in [-0.39, 0.29) is 41.8 Å². The van der Waals surface area contributed by atoms with Crippen LogP contribution in [0.3, 0.4) is 0 Å². The summed E-state index contributed by atoms with van der Waals surface area (Å²) in [6, 6.07) is 10.5. The van der Waals surface area contributed by atoms with Crippen molar-refractivity contribution in [1.82, 2.24) is 4.90 Å². The average molecular weight is 479 g/mol. The van der Waals surface area contributed by atoms with Crippen LogP contribution in [0.25, 0.3) is 10.8 Å². The molecular formula is C22H22N3NaO6S. The molecule has 0 spiro atoms. The van der Waals surface area contributed by atoms with Gasteiger partial charge in [0.2, 0.25) is 5.91 Å². The van der Waals surface area contributed by atoms with Crippen LogP contribution < -0.4 is 43.3 Å². The fraction of sp³-hybridized carbons (Fsp3) is 0.364. The van der Waals surface area contributed by atoms with Crippen molar-refractivity contribution in [2.24, 2.45) is 11.8 Å². The van der Waals surface area contributed by atoms with Crippen LogP contribution in [0.1, 0.15) is 13.8 Å². The molecule has 1 fully saturated rings. The number of carbonyl (C=O) groups is 2. The number of carboxylic acid groups (broad SMARTS) is 1. The predicted octanol–water partition coefficient (Wildman–Crippen LogP) is -2.79. The van der Waals surface area contributed by atoms with Gasteiger partial charge in [0, 0.05) is 13.0 Å². The molecule has 2 aromatic rings. The van der Waals surface area contributed by atoms with E-state index < -0.39 is 46.1 Å². The SMILES string of the molecule is C[C@@H](O)[C@H]1C(=O)N2C(C(=O)[O-])=C(CN3c4cc5ccccc5cc4N(C)S3(=O)=O)[C@H](C)[C@H]12.[Na+]. The second kappa shape index (κ2) is 7.99. The third-order valence-corrected chi connectivity index (χ3v) is 8.67. The van der Waals surface area contributed by atoms with Crippen molar-refractivity contribution in [2.45, 2.75) is 26.0 Å². The quantitative estimate of drug-likeness (QED) is 0.374. The van der Waals surface area contributed by atoms with Gasteiger partial charge in [0.15, 0.2) is 0 Å². The first kappa shape index (κ1) is 24.0. The molecule has 0 aromatic heterocycles. The van der Waals surface area contributed by atoms with Crippen LogP contribution in [-0.4, -0.2) is 56.0 Å². The maximum absolute atomic E-state index is 13.3. The first-order chi connectivity index (χ1) is 15.1. The summed E-state index contributed by atoms with van der Waals surface area (Å²) >= 11 is 0. The summed E-state index contributed by atoms with van der Waals surface area (Å²) < 4.78 is 28.9. The summed E-state index contributed by atoms with van der Waals surface area (Å²) in [5.41, 5.74) is 0.934. The van der Waals surface area contributed by atoms with Gasteiger partial charge in [-0.05, 0) is 35.4 Å². The Morgan fingerprint density at radius 3 is 2.30 bits per heavy atom. The van der Waals surface area contributed by atoms with Crippen molar-refractivity contribution >= 4 is 44.2 Å². The number of amides is 1. The molecule has 3 heterocycles. The van der Waals surface area contributed by atoms with Crippen molar-refractivity contribution in [3.05, 3.63) is 47.7 Å². The molecule has 9 nitrogen and oxygen atoms in total. The van der Waals surface area contributed by atoms with Gasteiger partial charge in [0.1, 0.15) is 0 Å². The zero-order chi connectivity index (χ0) is 23.1. The van der Waals surface area contributed by atoms with E-state index in [0.29, 0.717) is 16.9 Å². The van der Waals surface area contributed by atoms with Gasteiger partial charge in [-0.2, -0.15) is 8.42 Å². The number of β-lactam (4-membered cyclic amide) rings is 1. The molecule has 3 aliphatic rings. The minimum absolute atomic E-state index is 0. The van der Waals surface area contributed by atoms with Crippen molar-refractivity contribution in [2.75, 3.05) is 22.2 Å². The molecule has 1 amide bonds. The van der Waals surface area contributed by atoms with Gasteiger partial charge < -0.3 is 19.9 Å². The minimum atomic E-state index is -3.95. The number of fused-ring (bicyclic) bond motifs is 3. The Hall–Kier alpha value is -2.11. The molecule has 0 bridgehead atoms. The molecule has 0 saturated carbocycles. The molecular weight excluding hydrogens is 457 g/mol. The number of carbonyl (C=O) groups excluding carboxylic acids is 2. The number of hydrogen-bond acceptors (Lipinski definition) is 6. The van der Waals surface area contributed by atoms with Crippen molar-refractivity contribution in [1.29, 1.82) is 0 Å². The van der Waals surface area contributed by atoms with Gasteiger partial charge in [-0.15, -0.1) is 0 Å².